The van der Waals surface area contributed by atoms with E-state index in [1.165, 1.54) is 13.8 Å². The third kappa shape index (κ3) is 4.66. The SMILES string of the molecule is CC(=O)c1ccc(NC(=O)[C@H](C)Sc2nc(=O)[nH]c(C)c2C(C)=O)cc1. The van der Waals surface area contributed by atoms with Crippen molar-refractivity contribution in [3.05, 3.63) is 51.6 Å². The van der Waals surface area contributed by atoms with Crippen molar-refractivity contribution in [2.45, 2.75) is 38.0 Å². The minimum Gasteiger partial charge on any atom is -0.325 e. The van der Waals surface area contributed by atoms with Crippen molar-refractivity contribution >= 4 is 34.9 Å². The second-order valence-corrected chi connectivity index (χ2v) is 7.12. The minimum atomic E-state index is -0.589. The van der Waals surface area contributed by atoms with E-state index in [9.17, 15) is 19.2 Å². The van der Waals surface area contributed by atoms with E-state index in [-0.39, 0.29) is 22.5 Å². The summed E-state index contributed by atoms with van der Waals surface area (Å²) in [5.41, 5.74) is 1.27. The Balaban J connectivity index is 2.16. The van der Waals surface area contributed by atoms with Gasteiger partial charge in [-0.05, 0) is 52.0 Å². The van der Waals surface area contributed by atoms with Crippen molar-refractivity contribution in [1.29, 1.82) is 0 Å². The van der Waals surface area contributed by atoms with Crippen LogP contribution in [0.4, 0.5) is 5.69 Å². The summed E-state index contributed by atoms with van der Waals surface area (Å²) >= 11 is 1.04. The molecule has 1 amide bonds. The number of nitrogens with zero attached hydrogens (tertiary/aromatic N) is 1. The molecule has 136 valence electrons. The molecule has 2 aromatic rings. The average molecular weight is 373 g/mol. The number of hydrogen-bond donors (Lipinski definition) is 2. The summed E-state index contributed by atoms with van der Waals surface area (Å²) in [5, 5.41) is 2.38. The molecule has 7 nitrogen and oxygen atoms in total. The lowest BCUT2D eigenvalue weighted by atomic mass is 10.1. The van der Waals surface area contributed by atoms with E-state index >= 15 is 0 Å². The summed E-state index contributed by atoms with van der Waals surface area (Å²) in [6.45, 7) is 6.13. The standard InChI is InChI=1S/C18H19N3O4S/c1-9-15(11(3)23)17(21-18(25)19-9)26-12(4)16(24)20-14-7-5-13(6-8-14)10(2)22/h5-8,12H,1-4H3,(H,20,24)(H,19,21,25)/t12-/m0/s1. The summed E-state index contributed by atoms with van der Waals surface area (Å²) in [6.07, 6.45) is 0. The van der Waals surface area contributed by atoms with E-state index in [1.807, 2.05) is 0 Å². The van der Waals surface area contributed by atoms with Gasteiger partial charge in [-0.3, -0.25) is 14.4 Å². The Hall–Kier alpha value is -2.74. The van der Waals surface area contributed by atoms with Gasteiger partial charge in [-0.2, -0.15) is 4.98 Å². The first-order chi connectivity index (χ1) is 12.2. The number of hydrogen-bond acceptors (Lipinski definition) is 6. The molecule has 0 radical (unpaired) electrons. The van der Waals surface area contributed by atoms with Crippen molar-refractivity contribution in [1.82, 2.24) is 9.97 Å². The Morgan fingerprint density at radius 1 is 1.12 bits per heavy atom. The maximum atomic E-state index is 12.4. The lowest BCUT2D eigenvalue weighted by Gasteiger charge is -2.14. The first-order valence-corrected chi connectivity index (χ1v) is 8.77. The summed E-state index contributed by atoms with van der Waals surface area (Å²) in [4.78, 5) is 53.4. The predicted octanol–water partition coefficient (Wildman–Crippen LogP) is 2.60. The van der Waals surface area contributed by atoms with Crippen LogP contribution in [0.5, 0.6) is 0 Å². The number of rotatable bonds is 6. The molecule has 1 aromatic carbocycles. The molecule has 8 heteroatoms. The van der Waals surface area contributed by atoms with E-state index in [0.29, 0.717) is 22.5 Å². The van der Waals surface area contributed by atoms with Crippen molar-refractivity contribution in [3.8, 4) is 0 Å². The molecule has 0 spiro atoms. The van der Waals surface area contributed by atoms with E-state index in [2.05, 4.69) is 15.3 Å². The third-order valence-electron chi connectivity index (χ3n) is 3.66. The van der Waals surface area contributed by atoms with E-state index in [4.69, 9.17) is 0 Å². The van der Waals surface area contributed by atoms with Crippen LogP contribution in [0.25, 0.3) is 0 Å². The number of Topliss-reactive ketones (excluding diaryl/α,β-unsaturated/α-hetero) is 2. The first-order valence-electron chi connectivity index (χ1n) is 7.89. The van der Waals surface area contributed by atoms with Gasteiger partial charge in [-0.1, -0.05) is 11.8 Å². The molecule has 2 N–H and O–H groups in total. The number of aryl methyl sites for hydroxylation is 1. The molecule has 1 heterocycles. The number of thioether (sulfide) groups is 1. The maximum Gasteiger partial charge on any atom is 0.346 e. The molecule has 0 unspecified atom stereocenters. The number of ketones is 2. The number of benzene rings is 1. The normalized spacial score (nSPS) is 11.7. The molecule has 0 fully saturated rings. The smallest absolute Gasteiger partial charge is 0.325 e. The fourth-order valence-electron chi connectivity index (χ4n) is 2.31. The molecule has 2 rings (SSSR count). The highest BCUT2D eigenvalue weighted by Crippen LogP contribution is 2.26. The van der Waals surface area contributed by atoms with Gasteiger partial charge in [0.1, 0.15) is 5.03 Å². The molecule has 0 bridgehead atoms. The highest BCUT2D eigenvalue weighted by molar-refractivity contribution is 8.00. The minimum absolute atomic E-state index is 0.0562. The van der Waals surface area contributed by atoms with Gasteiger partial charge in [0, 0.05) is 16.9 Å². The average Bonchev–Trinajstić information content (AvgIpc) is 2.54. The summed E-state index contributed by atoms with van der Waals surface area (Å²) in [5.74, 6) is -0.597. The molecular weight excluding hydrogens is 354 g/mol. The summed E-state index contributed by atoms with van der Waals surface area (Å²) in [7, 11) is 0. The van der Waals surface area contributed by atoms with E-state index in [1.54, 1.807) is 38.1 Å². The highest BCUT2D eigenvalue weighted by Gasteiger charge is 2.21. The van der Waals surface area contributed by atoms with Gasteiger partial charge >= 0.3 is 5.69 Å². The van der Waals surface area contributed by atoms with Crippen molar-refractivity contribution in [3.63, 3.8) is 0 Å². The Morgan fingerprint density at radius 2 is 1.73 bits per heavy atom. The van der Waals surface area contributed by atoms with Gasteiger partial charge in [0.2, 0.25) is 5.91 Å². The zero-order valence-electron chi connectivity index (χ0n) is 14.9. The number of nitrogens with one attached hydrogen (secondary N) is 2. The maximum absolute atomic E-state index is 12.4. The zero-order chi connectivity index (χ0) is 19.4. The predicted molar refractivity (Wildman–Crippen MR) is 100.0 cm³/mol. The van der Waals surface area contributed by atoms with Crippen LogP contribution in [0.1, 0.15) is 47.2 Å². The van der Waals surface area contributed by atoms with Gasteiger partial charge in [-0.15, -0.1) is 0 Å². The number of aromatic nitrogens is 2. The molecule has 0 aliphatic carbocycles. The molecule has 0 saturated carbocycles. The number of amides is 1. The fourth-order valence-corrected chi connectivity index (χ4v) is 3.36. The number of aromatic amines is 1. The van der Waals surface area contributed by atoms with Gasteiger partial charge in [0.05, 0.1) is 10.8 Å². The monoisotopic (exact) mass is 373 g/mol. The molecule has 1 atom stereocenters. The quantitative estimate of drug-likeness (QED) is 0.458. The number of carbonyl (C=O) groups excluding carboxylic acids is 3. The highest BCUT2D eigenvalue weighted by atomic mass is 32.2. The Morgan fingerprint density at radius 3 is 2.27 bits per heavy atom. The lowest BCUT2D eigenvalue weighted by molar-refractivity contribution is -0.115. The summed E-state index contributed by atoms with van der Waals surface area (Å²) in [6, 6.07) is 6.54. The van der Waals surface area contributed by atoms with Crippen molar-refractivity contribution in [2.24, 2.45) is 0 Å². The van der Waals surface area contributed by atoms with Crippen LogP contribution in [0, 0.1) is 6.92 Å². The van der Waals surface area contributed by atoms with Gasteiger partial charge in [-0.25, -0.2) is 4.79 Å². The first kappa shape index (κ1) is 19.6. The number of carbonyl (C=O) groups is 3. The van der Waals surface area contributed by atoms with Gasteiger partial charge < -0.3 is 10.3 Å². The second kappa shape index (κ2) is 8.09. The van der Waals surface area contributed by atoms with Crippen molar-refractivity contribution < 1.29 is 14.4 Å². The van der Waals surface area contributed by atoms with Crippen molar-refractivity contribution in [2.75, 3.05) is 5.32 Å². The third-order valence-corrected chi connectivity index (χ3v) is 4.74. The Labute approximate surface area is 154 Å². The molecule has 26 heavy (non-hydrogen) atoms. The van der Waals surface area contributed by atoms with E-state index < -0.39 is 10.9 Å². The summed E-state index contributed by atoms with van der Waals surface area (Å²) < 4.78 is 0. The molecular formula is C18H19N3O4S. The molecule has 1 aromatic heterocycles. The van der Waals surface area contributed by atoms with Crippen LogP contribution in [0.15, 0.2) is 34.1 Å². The molecule has 0 aliphatic rings. The number of H-pyrrole nitrogens is 1. The Bertz CT molecular complexity index is 919. The van der Waals surface area contributed by atoms with Gasteiger partial charge in [0.15, 0.2) is 11.6 Å². The van der Waals surface area contributed by atoms with Gasteiger partial charge in [0.25, 0.3) is 0 Å². The van der Waals surface area contributed by atoms with Crippen LogP contribution in [-0.2, 0) is 4.79 Å². The fraction of sp³-hybridized carbons (Fsp3) is 0.278. The Kier molecular flexibility index (Phi) is 6.10. The van der Waals surface area contributed by atoms with E-state index in [0.717, 1.165) is 11.8 Å². The second-order valence-electron chi connectivity index (χ2n) is 5.79. The van der Waals surface area contributed by atoms with Crippen LogP contribution in [-0.4, -0.2) is 32.7 Å². The van der Waals surface area contributed by atoms with Crippen LogP contribution in [0.2, 0.25) is 0 Å². The topological polar surface area (TPSA) is 109 Å². The van der Waals surface area contributed by atoms with Crippen LogP contribution in [0.3, 0.4) is 0 Å². The molecule has 0 aliphatic heterocycles. The number of anilines is 1. The van der Waals surface area contributed by atoms with Crippen LogP contribution >= 0.6 is 11.8 Å². The lowest BCUT2D eigenvalue weighted by Crippen LogP contribution is -2.24. The zero-order valence-corrected chi connectivity index (χ0v) is 15.7. The largest absolute Gasteiger partial charge is 0.346 e. The molecule has 0 saturated heterocycles. The van der Waals surface area contributed by atoms with Crippen LogP contribution < -0.4 is 11.0 Å².